The van der Waals surface area contributed by atoms with Gasteiger partial charge in [-0.05, 0) is 61.4 Å². The maximum Gasteiger partial charge on any atom is 0.269 e. The highest BCUT2D eigenvalue weighted by molar-refractivity contribution is 5.81. The quantitative estimate of drug-likeness (QED) is 0.239. The molecule has 0 bridgehead atoms. The predicted molar refractivity (Wildman–Crippen MR) is 131 cm³/mol. The summed E-state index contributed by atoms with van der Waals surface area (Å²) in [7, 11) is 1.57. The van der Waals surface area contributed by atoms with Gasteiger partial charge in [0.1, 0.15) is 18.2 Å². The number of pyridine rings is 1. The van der Waals surface area contributed by atoms with Crippen molar-refractivity contribution in [1.29, 1.82) is 5.26 Å². The second-order valence-electron chi connectivity index (χ2n) is 7.41. The third-order valence-electron chi connectivity index (χ3n) is 4.83. The number of nitro groups is 1. The monoisotopic (exact) mass is 475 g/mol. The van der Waals surface area contributed by atoms with Crippen LogP contribution in [0.3, 0.4) is 0 Å². The highest BCUT2D eigenvalue weighted by Crippen LogP contribution is 2.29. The number of benzene rings is 2. The Kier molecular flexibility index (Phi) is 8.70. The molecule has 1 heterocycles. The van der Waals surface area contributed by atoms with Gasteiger partial charge in [-0.15, -0.1) is 0 Å². The SMILES string of the molecule is CCOc1cc(/C=N/Nc2nc(C)cc(COC)c2C#N)ccc1OCc1ccc([N+](=O)[O-])cc1. The van der Waals surface area contributed by atoms with Crippen molar-refractivity contribution in [3.05, 3.63) is 86.6 Å². The van der Waals surface area contributed by atoms with Gasteiger partial charge >= 0.3 is 0 Å². The van der Waals surface area contributed by atoms with Crippen LogP contribution in [0.4, 0.5) is 11.5 Å². The normalized spacial score (nSPS) is 10.7. The van der Waals surface area contributed by atoms with Crippen LogP contribution in [0.25, 0.3) is 0 Å². The molecule has 1 aromatic heterocycles. The fourth-order valence-electron chi connectivity index (χ4n) is 3.25. The molecular weight excluding hydrogens is 450 g/mol. The van der Waals surface area contributed by atoms with E-state index in [0.29, 0.717) is 36.1 Å². The van der Waals surface area contributed by atoms with Gasteiger partial charge in [0.2, 0.25) is 0 Å². The first-order valence-electron chi connectivity index (χ1n) is 10.8. The minimum atomic E-state index is -0.443. The van der Waals surface area contributed by atoms with Crippen molar-refractivity contribution >= 4 is 17.7 Å². The molecule has 180 valence electrons. The fourth-order valence-corrected chi connectivity index (χ4v) is 3.25. The summed E-state index contributed by atoms with van der Waals surface area (Å²) in [6.07, 6.45) is 1.59. The Balaban J connectivity index is 1.73. The number of methoxy groups -OCH3 is 1. The van der Waals surface area contributed by atoms with Crippen molar-refractivity contribution in [3.63, 3.8) is 0 Å². The van der Waals surface area contributed by atoms with E-state index >= 15 is 0 Å². The number of rotatable bonds is 11. The fraction of sp³-hybridized carbons (Fsp3) is 0.240. The van der Waals surface area contributed by atoms with Crippen LogP contribution in [0.15, 0.2) is 53.6 Å². The van der Waals surface area contributed by atoms with Crippen LogP contribution in [-0.2, 0) is 18.0 Å². The van der Waals surface area contributed by atoms with Gasteiger partial charge in [-0.2, -0.15) is 10.4 Å². The van der Waals surface area contributed by atoms with Gasteiger partial charge in [0.15, 0.2) is 17.3 Å². The Morgan fingerprint density at radius 2 is 1.91 bits per heavy atom. The molecule has 0 fully saturated rings. The van der Waals surface area contributed by atoms with E-state index < -0.39 is 4.92 Å². The molecule has 1 N–H and O–H groups in total. The maximum atomic E-state index is 10.8. The Bertz CT molecular complexity index is 1250. The predicted octanol–water partition coefficient (Wildman–Crippen LogP) is 4.74. The highest BCUT2D eigenvalue weighted by Gasteiger charge is 2.11. The van der Waals surface area contributed by atoms with Crippen LogP contribution < -0.4 is 14.9 Å². The highest BCUT2D eigenvalue weighted by atomic mass is 16.6. The first-order chi connectivity index (χ1) is 16.9. The van der Waals surface area contributed by atoms with Crippen molar-refractivity contribution in [2.75, 3.05) is 19.1 Å². The molecule has 3 rings (SSSR count). The van der Waals surface area contributed by atoms with E-state index in [1.54, 1.807) is 43.7 Å². The molecule has 3 aromatic rings. The van der Waals surface area contributed by atoms with E-state index in [9.17, 15) is 15.4 Å². The summed E-state index contributed by atoms with van der Waals surface area (Å²) in [5, 5.41) is 24.6. The molecule has 0 radical (unpaired) electrons. The van der Waals surface area contributed by atoms with Crippen molar-refractivity contribution in [2.45, 2.75) is 27.1 Å². The molecule has 0 unspecified atom stereocenters. The number of nitro benzene ring substituents is 1. The second-order valence-corrected chi connectivity index (χ2v) is 7.41. The van der Waals surface area contributed by atoms with Crippen LogP contribution in [0, 0.1) is 28.4 Å². The lowest BCUT2D eigenvalue weighted by molar-refractivity contribution is -0.384. The molecule has 0 atom stereocenters. The number of hydrogen-bond acceptors (Lipinski definition) is 9. The largest absolute Gasteiger partial charge is 0.490 e. The van der Waals surface area contributed by atoms with Gasteiger partial charge in [0, 0.05) is 30.5 Å². The number of aryl methyl sites for hydroxylation is 1. The number of non-ortho nitro benzene ring substituents is 1. The van der Waals surface area contributed by atoms with Crippen LogP contribution in [0.5, 0.6) is 11.5 Å². The molecule has 0 aliphatic heterocycles. The molecule has 0 aliphatic rings. The zero-order chi connectivity index (χ0) is 25.2. The molecule has 0 saturated carbocycles. The van der Waals surface area contributed by atoms with Crippen LogP contribution in [-0.4, -0.2) is 29.8 Å². The summed E-state index contributed by atoms with van der Waals surface area (Å²) in [5.74, 6) is 1.42. The molecule has 0 amide bonds. The molecule has 10 heteroatoms. The van der Waals surface area contributed by atoms with Crippen molar-refractivity contribution in [3.8, 4) is 17.6 Å². The van der Waals surface area contributed by atoms with E-state index in [1.165, 1.54) is 12.1 Å². The number of nitrogens with one attached hydrogen (secondary N) is 1. The third-order valence-corrected chi connectivity index (χ3v) is 4.83. The lowest BCUT2D eigenvalue weighted by atomic mass is 10.1. The number of nitrogens with zero attached hydrogens (tertiary/aromatic N) is 4. The van der Waals surface area contributed by atoms with Crippen molar-refractivity contribution in [1.82, 2.24) is 4.98 Å². The number of nitriles is 1. The average Bonchev–Trinajstić information content (AvgIpc) is 2.84. The summed E-state index contributed by atoms with van der Waals surface area (Å²) >= 11 is 0. The topological polar surface area (TPSA) is 132 Å². The Hall–Kier alpha value is -4.49. The van der Waals surface area contributed by atoms with E-state index in [2.05, 4.69) is 21.6 Å². The molecular formula is C25H25N5O5. The average molecular weight is 476 g/mol. The maximum absolute atomic E-state index is 10.8. The van der Waals surface area contributed by atoms with E-state index in [4.69, 9.17) is 14.2 Å². The Labute approximate surface area is 202 Å². The number of hydrazone groups is 1. The Morgan fingerprint density at radius 1 is 1.14 bits per heavy atom. The van der Waals surface area contributed by atoms with Gasteiger partial charge in [-0.25, -0.2) is 4.98 Å². The first kappa shape index (κ1) is 25.1. The molecule has 10 nitrogen and oxygen atoms in total. The number of anilines is 1. The third kappa shape index (κ3) is 6.75. The van der Waals surface area contributed by atoms with Crippen LogP contribution in [0.1, 0.15) is 34.9 Å². The summed E-state index contributed by atoms with van der Waals surface area (Å²) in [4.78, 5) is 14.7. The smallest absolute Gasteiger partial charge is 0.269 e. The van der Waals surface area contributed by atoms with E-state index in [-0.39, 0.29) is 12.3 Å². The van der Waals surface area contributed by atoms with Gasteiger partial charge in [-0.1, -0.05) is 0 Å². The van der Waals surface area contributed by atoms with Gasteiger partial charge in [-0.3, -0.25) is 15.5 Å². The summed E-state index contributed by atoms with van der Waals surface area (Å²) in [5.41, 5.74) is 6.24. The van der Waals surface area contributed by atoms with Crippen LogP contribution >= 0.6 is 0 Å². The van der Waals surface area contributed by atoms with Crippen LogP contribution in [0.2, 0.25) is 0 Å². The minimum absolute atomic E-state index is 0.0266. The zero-order valence-electron chi connectivity index (χ0n) is 19.6. The van der Waals surface area contributed by atoms with Gasteiger partial charge in [0.25, 0.3) is 5.69 Å². The summed E-state index contributed by atoms with van der Waals surface area (Å²) < 4.78 is 16.7. The lowest BCUT2D eigenvalue weighted by Crippen LogP contribution is -2.04. The molecule has 35 heavy (non-hydrogen) atoms. The molecule has 0 saturated heterocycles. The molecule has 0 spiro atoms. The van der Waals surface area contributed by atoms with Crippen molar-refractivity contribution in [2.24, 2.45) is 5.10 Å². The summed E-state index contributed by atoms with van der Waals surface area (Å²) in [6.45, 7) is 4.66. The second kappa shape index (κ2) is 12.1. The Morgan fingerprint density at radius 3 is 2.57 bits per heavy atom. The number of aromatic nitrogens is 1. The zero-order valence-corrected chi connectivity index (χ0v) is 19.6. The summed E-state index contributed by atoms with van der Waals surface area (Å²) in [6, 6.07) is 15.5. The number of hydrogen-bond donors (Lipinski definition) is 1. The van der Waals surface area contributed by atoms with Gasteiger partial charge < -0.3 is 14.2 Å². The van der Waals surface area contributed by atoms with E-state index in [1.807, 2.05) is 19.9 Å². The standard InChI is InChI=1S/C25H25N5O5/c1-4-34-24-12-19(7-10-23(24)35-15-18-5-8-21(9-6-18)30(31)32)14-27-29-25-22(13-26)20(16-33-3)11-17(2)28-25/h5-12,14H,4,15-16H2,1-3H3,(H,28,29)/b27-14+. The molecule has 0 aliphatic carbocycles. The van der Waals surface area contributed by atoms with Gasteiger partial charge in [0.05, 0.1) is 24.4 Å². The first-order valence-corrected chi connectivity index (χ1v) is 10.8. The number of ether oxygens (including phenoxy) is 3. The lowest BCUT2D eigenvalue weighted by Gasteiger charge is -2.13. The van der Waals surface area contributed by atoms with E-state index in [0.717, 1.165) is 22.4 Å². The molecule has 2 aromatic carbocycles. The minimum Gasteiger partial charge on any atom is -0.490 e. The van der Waals surface area contributed by atoms with Crippen molar-refractivity contribution < 1.29 is 19.1 Å².